The first-order valence-corrected chi connectivity index (χ1v) is 23.7. The van der Waals surface area contributed by atoms with Gasteiger partial charge in [-0.15, -0.1) is 0 Å². The smallest absolute Gasteiger partial charge is 0.357 e. The minimum absolute atomic E-state index is 0.119. The van der Waals surface area contributed by atoms with E-state index in [0.29, 0.717) is 0 Å². The Morgan fingerprint density at radius 3 is 0.714 bits per heavy atom. The zero-order valence-electron chi connectivity index (χ0n) is 31.5. The Morgan fingerprint density at radius 1 is 0.357 bits per heavy atom. The summed E-state index contributed by atoms with van der Waals surface area (Å²) in [6, 6.07) is 44.7. The van der Waals surface area contributed by atoms with E-state index in [2.05, 4.69) is 48.5 Å². The summed E-state index contributed by atoms with van der Waals surface area (Å²) in [5, 5.41) is 0. The molecular formula is C42H42I2O10S2. The van der Waals surface area contributed by atoms with E-state index in [9.17, 15) is 25.9 Å². The van der Waals surface area contributed by atoms with Gasteiger partial charge in [-0.25, -0.2) is 16.8 Å². The van der Waals surface area contributed by atoms with Crippen LogP contribution in [-0.2, 0) is 20.2 Å². The summed E-state index contributed by atoms with van der Waals surface area (Å²) in [7, 11) is -1.79. The lowest BCUT2D eigenvalue weighted by Gasteiger charge is -2.05. The average molecular weight is 1020 g/mol. The Balaban J connectivity index is 0.000000205. The lowest BCUT2D eigenvalue weighted by atomic mass is 10.2. The molecule has 0 radical (unpaired) electrons. The molecule has 6 aromatic rings. The molecule has 14 heteroatoms. The maximum atomic E-state index is 10.4. The molecule has 56 heavy (non-hydrogen) atoms. The van der Waals surface area contributed by atoms with Crippen LogP contribution in [0.2, 0.25) is 0 Å². The van der Waals surface area contributed by atoms with Gasteiger partial charge < -0.3 is 28.1 Å². The minimum atomic E-state index is -4.27. The Bertz CT molecular complexity index is 2010. The van der Waals surface area contributed by atoms with Crippen molar-refractivity contribution >= 4 is 20.2 Å². The molecular weight excluding hydrogens is 982 g/mol. The first kappa shape index (κ1) is 46.2. The van der Waals surface area contributed by atoms with E-state index in [1.807, 2.05) is 62.4 Å². The SMILES string of the molecule is COc1ccc([I+]c2ccc(OC)cc2)cc1.COc1ccc([I+]c2ccc(OC)cc2)cc1.Cc1ccc(S(=O)(=O)[O-])cc1.Cc1ccc(S(=O)(=O)[O-])cc1. The molecule has 0 fully saturated rings. The maximum absolute atomic E-state index is 10.4. The molecule has 6 rings (SSSR count). The van der Waals surface area contributed by atoms with Gasteiger partial charge in [0.1, 0.15) is 43.2 Å². The van der Waals surface area contributed by atoms with E-state index in [4.69, 9.17) is 18.9 Å². The third kappa shape index (κ3) is 16.9. The highest BCUT2D eigenvalue weighted by Gasteiger charge is 2.16. The van der Waals surface area contributed by atoms with Crippen LogP contribution in [0.1, 0.15) is 11.1 Å². The normalized spacial score (nSPS) is 10.6. The third-order valence-electron chi connectivity index (χ3n) is 7.25. The van der Waals surface area contributed by atoms with Gasteiger partial charge in [0.25, 0.3) is 0 Å². The zero-order chi connectivity index (χ0) is 41.1. The highest BCUT2D eigenvalue weighted by molar-refractivity contribution is 7.86. The van der Waals surface area contributed by atoms with E-state index in [-0.39, 0.29) is 52.2 Å². The van der Waals surface area contributed by atoms with Crippen molar-refractivity contribution in [1.29, 1.82) is 0 Å². The van der Waals surface area contributed by atoms with Crippen LogP contribution in [0.3, 0.4) is 0 Å². The fourth-order valence-corrected chi connectivity index (χ4v) is 9.45. The van der Waals surface area contributed by atoms with E-state index in [1.54, 1.807) is 52.7 Å². The summed E-state index contributed by atoms with van der Waals surface area (Å²) in [5.74, 6) is 3.64. The monoisotopic (exact) mass is 1020 g/mol. The maximum Gasteiger partial charge on any atom is 0.357 e. The lowest BCUT2D eigenvalue weighted by Crippen LogP contribution is -3.61. The highest BCUT2D eigenvalue weighted by Crippen LogP contribution is 2.11. The molecule has 296 valence electrons. The topological polar surface area (TPSA) is 151 Å². The summed E-state index contributed by atoms with van der Waals surface area (Å²) in [6.07, 6.45) is 0. The average Bonchev–Trinajstić information content (AvgIpc) is 3.19. The summed E-state index contributed by atoms with van der Waals surface area (Å²) in [5.41, 5.74) is 1.86. The second-order valence-corrected chi connectivity index (χ2v) is 20.2. The Kier molecular flexibility index (Phi) is 19.1. The van der Waals surface area contributed by atoms with Gasteiger partial charge in [0.2, 0.25) is 0 Å². The van der Waals surface area contributed by atoms with Crippen LogP contribution in [0.4, 0.5) is 0 Å². The van der Waals surface area contributed by atoms with Crippen molar-refractivity contribution in [1.82, 2.24) is 0 Å². The van der Waals surface area contributed by atoms with E-state index < -0.39 is 20.2 Å². The number of aryl methyl sites for hydroxylation is 2. The second kappa shape index (κ2) is 23.1. The predicted molar refractivity (Wildman–Crippen MR) is 205 cm³/mol. The van der Waals surface area contributed by atoms with Gasteiger partial charge in [-0.3, -0.25) is 0 Å². The largest absolute Gasteiger partial charge is 0.744 e. The summed E-state index contributed by atoms with van der Waals surface area (Å²) >= 11 is -0.237. The van der Waals surface area contributed by atoms with Crippen LogP contribution >= 0.6 is 0 Å². The number of methoxy groups -OCH3 is 4. The van der Waals surface area contributed by atoms with Gasteiger partial charge >= 0.3 is 42.4 Å². The van der Waals surface area contributed by atoms with Gasteiger partial charge in [0, 0.05) is 0 Å². The molecule has 10 nitrogen and oxygen atoms in total. The molecule has 0 aliphatic rings. The van der Waals surface area contributed by atoms with Crippen LogP contribution in [0, 0.1) is 28.1 Å². The van der Waals surface area contributed by atoms with Crippen molar-refractivity contribution in [2.75, 3.05) is 28.4 Å². The molecule has 0 aromatic heterocycles. The standard InChI is InChI=1S/2C14H14IO2.2C7H8O3S/c2*1-16-13-7-3-11(4-8-13)15-12-5-9-14(17-2)10-6-12;2*1-6-2-4-7(5-3-6)11(8,9)10/h2*3-10H,1-2H3;2*2-5H,1H3,(H,8,9,10)/q2*+1;;/p-2. The molecule has 0 unspecified atom stereocenters. The number of benzene rings is 6. The van der Waals surface area contributed by atoms with Crippen molar-refractivity contribution < 1.29 is 87.3 Å². The number of hydrogen-bond acceptors (Lipinski definition) is 10. The molecule has 0 aliphatic carbocycles. The first-order chi connectivity index (χ1) is 26.6. The van der Waals surface area contributed by atoms with Gasteiger partial charge in [-0.2, -0.15) is 0 Å². The van der Waals surface area contributed by atoms with Crippen LogP contribution in [-0.4, -0.2) is 54.4 Å². The van der Waals surface area contributed by atoms with Gasteiger partial charge in [0.15, 0.2) is 14.3 Å². The summed E-state index contributed by atoms with van der Waals surface area (Å²) < 4.78 is 88.4. The van der Waals surface area contributed by atoms with Crippen molar-refractivity contribution in [3.8, 4) is 23.0 Å². The molecule has 0 amide bonds. The van der Waals surface area contributed by atoms with Crippen molar-refractivity contribution in [3.05, 3.63) is 171 Å². The third-order valence-corrected chi connectivity index (χ3v) is 14.3. The lowest BCUT2D eigenvalue weighted by molar-refractivity contribution is -0.597. The van der Waals surface area contributed by atoms with Crippen LogP contribution in [0.15, 0.2) is 155 Å². The predicted octanol–water partition coefficient (Wildman–Crippen LogP) is 1.46. The van der Waals surface area contributed by atoms with Gasteiger partial charge in [-0.1, -0.05) is 35.4 Å². The van der Waals surface area contributed by atoms with Gasteiger partial charge in [-0.05, 0) is 135 Å². The van der Waals surface area contributed by atoms with E-state index >= 15 is 0 Å². The van der Waals surface area contributed by atoms with Crippen molar-refractivity contribution in [3.63, 3.8) is 0 Å². The second-order valence-electron chi connectivity index (χ2n) is 11.4. The Morgan fingerprint density at radius 2 is 0.554 bits per heavy atom. The Labute approximate surface area is 350 Å². The fraction of sp³-hybridized carbons (Fsp3) is 0.143. The molecule has 0 saturated heterocycles. The van der Waals surface area contributed by atoms with Crippen LogP contribution in [0.25, 0.3) is 0 Å². The minimum Gasteiger partial charge on any atom is -0.744 e. The van der Waals surface area contributed by atoms with Crippen LogP contribution in [0.5, 0.6) is 23.0 Å². The molecule has 0 saturated carbocycles. The van der Waals surface area contributed by atoms with Crippen molar-refractivity contribution in [2.45, 2.75) is 23.6 Å². The fourth-order valence-electron chi connectivity index (χ4n) is 4.20. The molecule has 6 aromatic carbocycles. The quantitative estimate of drug-likeness (QED) is 0.146. The highest BCUT2D eigenvalue weighted by atomic mass is 127. The molecule has 0 heterocycles. The molecule has 0 N–H and O–H groups in total. The molecule has 0 bridgehead atoms. The number of rotatable bonds is 10. The summed E-state index contributed by atoms with van der Waals surface area (Å²) in [6.45, 7) is 3.64. The Hall–Kier alpha value is -4.20. The summed E-state index contributed by atoms with van der Waals surface area (Å²) in [4.78, 5) is -0.355. The first-order valence-electron chi connectivity index (χ1n) is 16.5. The number of ether oxygens (including phenoxy) is 4. The van der Waals surface area contributed by atoms with E-state index in [0.717, 1.165) is 34.1 Å². The number of hydrogen-bond donors (Lipinski definition) is 0. The van der Waals surface area contributed by atoms with Crippen LogP contribution < -0.4 is 61.4 Å². The van der Waals surface area contributed by atoms with Gasteiger partial charge in [0.05, 0.1) is 38.2 Å². The number of halogens is 2. The molecule has 0 aliphatic heterocycles. The molecule has 0 atom stereocenters. The van der Waals surface area contributed by atoms with E-state index in [1.165, 1.54) is 38.5 Å². The van der Waals surface area contributed by atoms with Crippen molar-refractivity contribution in [2.24, 2.45) is 0 Å². The zero-order valence-corrected chi connectivity index (χ0v) is 37.5. The molecule has 0 spiro atoms.